The lowest BCUT2D eigenvalue weighted by Gasteiger charge is -2.26. The molecule has 0 radical (unpaired) electrons. The number of nitrogens with one attached hydrogen (secondary N) is 1. The zero-order chi connectivity index (χ0) is 17.7. The van der Waals surface area contributed by atoms with Crippen LogP contribution in [0.4, 0.5) is 0 Å². The molecule has 1 aliphatic rings. The Morgan fingerprint density at radius 1 is 1.16 bits per heavy atom. The zero-order valence-electron chi connectivity index (χ0n) is 13.6. The van der Waals surface area contributed by atoms with Crippen molar-refractivity contribution in [1.29, 1.82) is 0 Å². The second kappa shape index (κ2) is 7.73. The third kappa shape index (κ3) is 4.22. The van der Waals surface area contributed by atoms with Crippen molar-refractivity contribution in [3.8, 4) is 0 Å². The maximum atomic E-state index is 12.7. The molecule has 2 aromatic rings. The van der Waals surface area contributed by atoms with Gasteiger partial charge in [0.25, 0.3) is 5.91 Å². The van der Waals surface area contributed by atoms with Crippen LogP contribution >= 0.6 is 0 Å². The standard InChI is InChI=1S/C17H19N3O4S/c21-17(19-13-15-5-1-2-7-18-15)14-4-3-6-16(12-14)25(22,23)20-8-10-24-11-9-20/h1-7,12H,8-11,13H2,(H,19,21). The number of sulfonamides is 1. The van der Waals surface area contributed by atoms with E-state index in [0.717, 1.165) is 5.69 Å². The second-order valence-electron chi connectivity index (χ2n) is 5.55. The largest absolute Gasteiger partial charge is 0.379 e. The molecule has 3 rings (SSSR count). The van der Waals surface area contributed by atoms with E-state index in [2.05, 4.69) is 10.3 Å². The maximum Gasteiger partial charge on any atom is 0.251 e. The molecule has 0 aliphatic carbocycles. The van der Waals surface area contributed by atoms with Gasteiger partial charge in [0, 0.05) is 24.8 Å². The molecule has 1 N–H and O–H groups in total. The van der Waals surface area contributed by atoms with E-state index < -0.39 is 10.0 Å². The van der Waals surface area contributed by atoms with Gasteiger partial charge in [-0.05, 0) is 30.3 Å². The van der Waals surface area contributed by atoms with Gasteiger partial charge in [0.2, 0.25) is 10.0 Å². The number of benzene rings is 1. The van der Waals surface area contributed by atoms with Crippen molar-refractivity contribution in [2.45, 2.75) is 11.4 Å². The molecule has 0 unspecified atom stereocenters. The number of amides is 1. The number of hydrogen-bond acceptors (Lipinski definition) is 5. The molecule has 1 aliphatic heterocycles. The number of aromatic nitrogens is 1. The van der Waals surface area contributed by atoms with Gasteiger partial charge < -0.3 is 10.1 Å². The second-order valence-corrected chi connectivity index (χ2v) is 7.49. The van der Waals surface area contributed by atoms with Gasteiger partial charge in [0.05, 0.1) is 30.3 Å². The normalized spacial score (nSPS) is 15.7. The molecular weight excluding hydrogens is 342 g/mol. The molecule has 1 saturated heterocycles. The monoisotopic (exact) mass is 361 g/mol. The van der Waals surface area contributed by atoms with Crippen molar-refractivity contribution in [2.24, 2.45) is 0 Å². The Balaban J connectivity index is 1.73. The van der Waals surface area contributed by atoms with Crippen LogP contribution in [0, 0.1) is 0 Å². The number of carbonyl (C=O) groups excluding carboxylic acids is 1. The van der Waals surface area contributed by atoms with Crippen molar-refractivity contribution in [2.75, 3.05) is 26.3 Å². The molecule has 0 saturated carbocycles. The highest BCUT2D eigenvalue weighted by atomic mass is 32.2. The number of ether oxygens (including phenoxy) is 1. The summed E-state index contributed by atoms with van der Waals surface area (Å²) >= 11 is 0. The SMILES string of the molecule is O=C(NCc1ccccn1)c1cccc(S(=O)(=O)N2CCOCC2)c1. The van der Waals surface area contributed by atoms with Crippen molar-refractivity contribution in [3.05, 3.63) is 59.9 Å². The molecule has 0 bridgehead atoms. The fourth-order valence-electron chi connectivity index (χ4n) is 2.51. The van der Waals surface area contributed by atoms with Crippen LogP contribution in [0.25, 0.3) is 0 Å². The third-order valence-electron chi connectivity index (χ3n) is 3.86. The fraction of sp³-hybridized carbons (Fsp3) is 0.294. The van der Waals surface area contributed by atoms with E-state index in [9.17, 15) is 13.2 Å². The average Bonchev–Trinajstić information content (AvgIpc) is 2.67. The minimum absolute atomic E-state index is 0.111. The summed E-state index contributed by atoms with van der Waals surface area (Å²) in [6, 6.07) is 11.5. The Morgan fingerprint density at radius 3 is 2.68 bits per heavy atom. The number of carbonyl (C=O) groups is 1. The lowest BCUT2D eigenvalue weighted by Crippen LogP contribution is -2.40. The predicted molar refractivity (Wildman–Crippen MR) is 91.4 cm³/mol. The Morgan fingerprint density at radius 2 is 1.96 bits per heavy atom. The molecule has 25 heavy (non-hydrogen) atoms. The number of morpholine rings is 1. The van der Waals surface area contributed by atoms with Crippen molar-refractivity contribution in [3.63, 3.8) is 0 Å². The number of pyridine rings is 1. The van der Waals surface area contributed by atoms with E-state index >= 15 is 0 Å². The molecule has 0 spiro atoms. The van der Waals surface area contributed by atoms with Crippen LogP contribution in [-0.4, -0.2) is 49.9 Å². The van der Waals surface area contributed by atoms with Crippen LogP contribution in [-0.2, 0) is 21.3 Å². The highest BCUT2D eigenvalue weighted by Gasteiger charge is 2.26. The summed E-state index contributed by atoms with van der Waals surface area (Å²) in [6.07, 6.45) is 1.65. The van der Waals surface area contributed by atoms with E-state index in [0.29, 0.717) is 31.9 Å². The van der Waals surface area contributed by atoms with Gasteiger partial charge in [0.1, 0.15) is 0 Å². The van der Waals surface area contributed by atoms with E-state index in [4.69, 9.17) is 4.74 Å². The molecule has 1 aromatic carbocycles. The molecule has 7 nitrogen and oxygen atoms in total. The molecule has 1 amide bonds. The maximum absolute atomic E-state index is 12.7. The smallest absolute Gasteiger partial charge is 0.251 e. The Kier molecular flexibility index (Phi) is 5.42. The minimum Gasteiger partial charge on any atom is -0.379 e. The average molecular weight is 361 g/mol. The first kappa shape index (κ1) is 17.5. The zero-order valence-corrected chi connectivity index (χ0v) is 14.4. The molecule has 0 atom stereocenters. The van der Waals surface area contributed by atoms with E-state index in [-0.39, 0.29) is 17.3 Å². The van der Waals surface area contributed by atoms with Gasteiger partial charge in [0.15, 0.2) is 0 Å². The lowest BCUT2D eigenvalue weighted by atomic mass is 10.2. The summed E-state index contributed by atoms with van der Waals surface area (Å²) in [5, 5.41) is 2.74. The summed E-state index contributed by atoms with van der Waals surface area (Å²) in [5.41, 5.74) is 1.03. The van der Waals surface area contributed by atoms with Crippen molar-refractivity contribution >= 4 is 15.9 Å². The first-order valence-corrected chi connectivity index (χ1v) is 9.37. The highest BCUT2D eigenvalue weighted by molar-refractivity contribution is 7.89. The first-order chi connectivity index (χ1) is 12.1. The van der Waals surface area contributed by atoms with Crippen LogP contribution < -0.4 is 5.32 Å². The molecule has 1 aromatic heterocycles. The van der Waals surface area contributed by atoms with Gasteiger partial charge in [-0.15, -0.1) is 0 Å². The highest BCUT2D eigenvalue weighted by Crippen LogP contribution is 2.18. The molecule has 2 heterocycles. The fourth-order valence-corrected chi connectivity index (χ4v) is 3.96. The van der Waals surface area contributed by atoms with E-state index in [1.54, 1.807) is 30.5 Å². The molecule has 8 heteroatoms. The van der Waals surface area contributed by atoms with Gasteiger partial charge in [-0.1, -0.05) is 12.1 Å². The number of rotatable bonds is 5. The summed E-state index contributed by atoms with van der Waals surface area (Å²) in [6.45, 7) is 1.67. The predicted octanol–water partition coefficient (Wildman–Crippen LogP) is 1.03. The van der Waals surface area contributed by atoms with Crippen LogP contribution in [0.1, 0.15) is 16.1 Å². The quantitative estimate of drug-likeness (QED) is 0.859. The molecule has 1 fully saturated rings. The summed E-state index contributed by atoms with van der Waals surface area (Å²) in [4.78, 5) is 16.6. The lowest BCUT2D eigenvalue weighted by molar-refractivity contribution is 0.0730. The molecular formula is C17H19N3O4S. The summed E-state index contributed by atoms with van der Waals surface area (Å²) in [5.74, 6) is -0.343. The number of hydrogen-bond donors (Lipinski definition) is 1. The van der Waals surface area contributed by atoms with Crippen molar-refractivity contribution < 1.29 is 17.9 Å². The molecule has 132 valence electrons. The topological polar surface area (TPSA) is 88.6 Å². The Labute approximate surface area is 146 Å². The minimum atomic E-state index is -3.62. The van der Waals surface area contributed by atoms with Crippen LogP contribution in [0.15, 0.2) is 53.6 Å². The number of nitrogens with zero attached hydrogens (tertiary/aromatic N) is 2. The van der Waals surface area contributed by atoms with E-state index in [1.165, 1.54) is 16.4 Å². The summed E-state index contributed by atoms with van der Waals surface area (Å²) in [7, 11) is -3.62. The van der Waals surface area contributed by atoms with Gasteiger partial charge in [-0.3, -0.25) is 9.78 Å². The first-order valence-electron chi connectivity index (χ1n) is 7.93. The van der Waals surface area contributed by atoms with Gasteiger partial charge >= 0.3 is 0 Å². The third-order valence-corrected chi connectivity index (χ3v) is 5.75. The van der Waals surface area contributed by atoms with Gasteiger partial charge in [-0.25, -0.2) is 8.42 Å². The Hall–Kier alpha value is -2.29. The van der Waals surface area contributed by atoms with Crippen LogP contribution in [0.3, 0.4) is 0 Å². The Bertz CT molecular complexity index is 834. The van der Waals surface area contributed by atoms with Crippen molar-refractivity contribution in [1.82, 2.24) is 14.6 Å². The summed E-state index contributed by atoms with van der Waals surface area (Å²) < 4.78 is 31.9. The van der Waals surface area contributed by atoms with Crippen LogP contribution in [0.5, 0.6) is 0 Å². The van der Waals surface area contributed by atoms with Gasteiger partial charge in [-0.2, -0.15) is 4.31 Å². The van der Waals surface area contributed by atoms with E-state index in [1.807, 2.05) is 6.07 Å². The van der Waals surface area contributed by atoms with Crippen LogP contribution in [0.2, 0.25) is 0 Å².